The highest BCUT2D eigenvalue weighted by Crippen LogP contribution is 2.16. The van der Waals surface area contributed by atoms with Crippen molar-refractivity contribution in [1.82, 2.24) is 20.1 Å². The number of benzene rings is 1. The van der Waals surface area contributed by atoms with E-state index < -0.39 is 0 Å². The third-order valence-corrected chi connectivity index (χ3v) is 4.96. The molecule has 0 saturated carbocycles. The van der Waals surface area contributed by atoms with Gasteiger partial charge in [0.25, 0.3) is 5.56 Å². The number of urea groups is 1. The summed E-state index contributed by atoms with van der Waals surface area (Å²) in [7, 11) is 0. The summed E-state index contributed by atoms with van der Waals surface area (Å²) in [6.45, 7) is 0.511. The maximum Gasteiger partial charge on any atom is 0.320 e. The molecule has 0 unspecified atom stereocenters. The molecule has 8 heteroatoms. The van der Waals surface area contributed by atoms with Crippen LogP contribution in [0.3, 0.4) is 0 Å². The monoisotopic (exact) mass is 391 g/mol. The number of aromatic nitrogens is 3. The molecule has 4 rings (SSSR count). The fourth-order valence-electron chi connectivity index (χ4n) is 2.88. The van der Waals surface area contributed by atoms with Crippen LogP contribution in [0, 0.1) is 0 Å². The molecule has 3 aromatic heterocycles. The SMILES string of the molecule is O=C(NCc1nn(Cc2cccnc2)c(=O)c2ccccc12)Nc1cccs1. The molecular weight excluding hydrogens is 374 g/mol. The van der Waals surface area contributed by atoms with E-state index in [0.29, 0.717) is 17.6 Å². The van der Waals surface area contributed by atoms with Crippen LogP contribution in [0.1, 0.15) is 11.3 Å². The number of hydrogen-bond donors (Lipinski definition) is 2. The zero-order valence-corrected chi connectivity index (χ0v) is 15.6. The fourth-order valence-corrected chi connectivity index (χ4v) is 3.49. The van der Waals surface area contributed by atoms with Crippen molar-refractivity contribution in [3.63, 3.8) is 0 Å². The van der Waals surface area contributed by atoms with Crippen molar-refractivity contribution in [2.75, 3.05) is 5.32 Å². The van der Waals surface area contributed by atoms with Crippen molar-refractivity contribution in [3.8, 4) is 0 Å². The average Bonchev–Trinajstić information content (AvgIpc) is 3.23. The van der Waals surface area contributed by atoms with Gasteiger partial charge in [-0.3, -0.25) is 15.1 Å². The minimum Gasteiger partial charge on any atom is -0.332 e. The normalized spacial score (nSPS) is 10.7. The number of nitrogens with zero attached hydrogens (tertiary/aromatic N) is 3. The Hall–Kier alpha value is -3.52. The second kappa shape index (κ2) is 8.01. The molecular formula is C20H17N5O2S. The summed E-state index contributed by atoms with van der Waals surface area (Å²) in [5, 5.41) is 14.0. The number of carbonyl (C=O) groups is 1. The first-order valence-corrected chi connectivity index (χ1v) is 9.54. The molecule has 140 valence electrons. The summed E-state index contributed by atoms with van der Waals surface area (Å²) < 4.78 is 1.41. The highest BCUT2D eigenvalue weighted by atomic mass is 32.1. The molecule has 0 aliphatic heterocycles. The number of anilines is 1. The Labute approximate surface area is 164 Å². The molecule has 28 heavy (non-hydrogen) atoms. The quantitative estimate of drug-likeness (QED) is 0.547. The maximum atomic E-state index is 12.8. The summed E-state index contributed by atoms with van der Waals surface area (Å²) in [5.74, 6) is 0. The minimum absolute atomic E-state index is 0.175. The second-order valence-corrected chi connectivity index (χ2v) is 7.05. The van der Waals surface area contributed by atoms with E-state index in [0.717, 1.165) is 16.0 Å². The highest BCUT2D eigenvalue weighted by Gasteiger charge is 2.12. The molecule has 3 heterocycles. The van der Waals surface area contributed by atoms with E-state index >= 15 is 0 Å². The van der Waals surface area contributed by atoms with Crippen LogP contribution >= 0.6 is 11.3 Å². The molecule has 0 bridgehead atoms. The smallest absolute Gasteiger partial charge is 0.320 e. The standard InChI is InChI=1S/C20H17N5O2S/c26-19-16-7-2-1-6-15(16)17(12-22-20(27)23-18-8-4-10-28-18)24-25(19)13-14-5-3-9-21-11-14/h1-11H,12-13H2,(H2,22,23,27). The summed E-state index contributed by atoms with van der Waals surface area (Å²) in [5.41, 5.74) is 1.33. The summed E-state index contributed by atoms with van der Waals surface area (Å²) in [4.78, 5) is 29.0. The van der Waals surface area contributed by atoms with E-state index in [1.165, 1.54) is 16.0 Å². The molecule has 0 fully saturated rings. The number of rotatable bonds is 5. The van der Waals surface area contributed by atoms with Crippen LogP contribution in [-0.4, -0.2) is 20.8 Å². The van der Waals surface area contributed by atoms with Crippen LogP contribution in [0.2, 0.25) is 0 Å². The van der Waals surface area contributed by atoms with E-state index in [2.05, 4.69) is 20.7 Å². The van der Waals surface area contributed by atoms with Crippen LogP contribution in [0.4, 0.5) is 9.80 Å². The largest absolute Gasteiger partial charge is 0.332 e. The van der Waals surface area contributed by atoms with E-state index in [1.807, 2.05) is 47.8 Å². The molecule has 4 aromatic rings. The zero-order chi connectivity index (χ0) is 19.3. The van der Waals surface area contributed by atoms with Gasteiger partial charge in [0, 0.05) is 17.8 Å². The van der Waals surface area contributed by atoms with Gasteiger partial charge in [0.2, 0.25) is 0 Å². The van der Waals surface area contributed by atoms with Gasteiger partial charge in [-0.15, -0.1) is 11.3 Å². The van der Waals surface area contributed by atoms with Crippen molar-refractivity contribution in [3.05, 3.63) is 87.9 Å². The van der Waals surface area contributed by atoms with E-state index in [-0.39, 0.29) is 18.1 Å². The molecule has 2 N–H and O–H groups in total. The number of carbonyl (C=O) groups excluding carboxylic acids is 1. The van der Waals surface area contributed by atoms with Gasteiger partial charge in [0.05, 0.1) is 29.2 Å². The lowest BCUT2D eigenvalue weighted by molar-refractivity contribution is 0.251. The summed E-state index contributed by atoms with van der Waals surface area (Å²) in [6.07, 6.45) is 3.39. The molecule has 7 nitrogen and oxygen atoms in total. The first-order chi connectivity index (χ1) is 13.7. The van der Waals surface area contributed by atoms with Gasteiger partial charge < -0.3 is 5.32 Å². The van der Waals surface area contributed by atoms with Gasteiger partial charge >= 0.3 is 6.03 Å². The Balaban J connectivity index is 1.62. The number of amides is 2. The van der Waals surface area contributed by atoms with Crippen LogP contribution < -0.4 is 16.2 Å². The van der Waals surface area contributed by atoms with Crippen LogP contribution in [0.5, 0.6) is 0 Å². The predicted molar refractivity (Wildman–Crippen MR) is 110 cm³/mol. The molecule has 0 aliphatic rings. The third-order valence-electron chi connectivity index (χ3n) is 4.17. The number of hydrogen-bond acceptors (Lipinski definition) is 5. The molecule has 1 aromatic carbocycles. The van der Waals surface area contributed by atoms with Crippen LogP contribution in [-0.2, 0) is 13.1 Å². The van der Waals surface area contributed by atoms with Crippen molar-refractivity contribution < 1.29 is 4.79 Å². The molecule has 0 spiro atoms. The second-order valence-electron chi connectivity index (χ2n) is 6.10. The van der Waals surface area contributed by atoms with Crippen LogP contribution in [0.25, 0.3) is 10.8 Å². The highest BCUT2D eigenvalue weighted by molar-refractivity contribution is 7.14. The van der Waals surface area contributed by atoms with Gasteiger partial charge in [0.15, 0.2) is 0 Å². The van der Waals surface area contributed by atoms with Crippen molar-refractivity contribution in [1.29, 1.82) is 0 Å². The third kappa shape index (κ3) is 3.91. The Morgan fingerprint density at radius 1 is 1.07 bits per heavy atom. The number of nitrogens with one attached hydrogen (secondary N) is 2. The minimum atomic E-state index is -0.321. The van der Waals surface area contributed by atoms with Gasteiger partial charge in [-0.25, -0.2) is 9.48 Å². The molecule has 0 radical (unpaired) electrons. The van der Waals surface area contributed by atoms with Gasteiger partial charge in [-0.1, -0.05) is 24.3 Å². The zero-order valence-electron chi connectivity index (χ0n) is 14.8. The molecule has 2 amide bonds. The predicted octanol–water partition coefficient (Wildman–Crippen LogP) is 3.22. The van der Waals surface area contributed by atoms with E-state index in [9.17, 15) is 9.59 Å². The van der Waals surface area contributed by atoms with Crippen molar-refractivity contribution >= 4 is 33.1 Å². The topological polar surface area (TPSA) is 88.9 Å². The molecule has 0 aliphatic carbocycles. The average molecular weight is 391 g/mol. The van der Waals surface area contributed by atoms with E-state index in [1.54, 1.807) is 18.5 Å². The number of fused-ring (bicyclic) bond motifs is 1. The van der Waals surface area contributed by atoms with Crippen molar-refractivity contribution in [2.45, 2.75) is 13.1 Å². The Kier molecular flexibility index (Phi) is 5.11. The lowest BCUT2D eigenvalue weighted by Gasteiger charge is -2.12. The number of thiophene rings is 1. The van der Waals surface area contributed by atoms with Gasteiger partial charge in [-0.05, 0) is 35.2 Å². The first kappa shape index (κ1) is 17.9. The summed E-state index contributed by atoms with van der Waals surface area (Å²) in [6, 6.07) is 14.4. The fraction of sp³-hybridized carbons (Fsp3) is 0.100. The lowest BCUT2D eigenvalue weighted by Crippen LogP contribution is -2.31. The number of pyridine rings is 1. The van der Waals surface area contributed by atoms with E-state index in [4.69, 9.17) is 0 Å². The Morgan fingerprint density at radius 2 is 1.93 bits per heavy atom. The van der Waals surface area contributed by atoms with Gasteiger partial charge in [0.1, 0.15) is 0 Å². The first-order valence-electron chi connectivity index (χ1n) is 8.67. The van der Waals surface area contributed by atoms with Gasteiger partial charge in [-0.2, -0.15) is 5.10 Å². The molecule has 0 saturated heterocycles. The Morgan fingerprint density at radius 3 is 2.68 bits per heavy atom. The maximum absolute atomic E-state index is 12.8. The van der Waals surface area contributed by atoms with Crippen LogP contribution in [0.15, 0.2) is 71.1 Å². The Bertz CT molecular complexity index is 1160. The lowest BCUT2D eigenvalue weighted by atomic mass is 10.1. The molecule has 0 atom stereocenters. The summed E-state index contributed by atoms with van der Waals surface area (Å²) >= 11 is 1.44. The van der Waals surface area contributed by atoms with Crippen molar-refractivity contribution in [2.24, 2.45) is 0 Å².